The minimum atomic E-state index is -1.66. The van der Waals surface area contributed by atoms with E-state index >= 15 is 0 Å². The van der Waals surface area contributed by atoms with Gasteiger partial charge in [-0.3, -0.25) is 14.4 Å². The molecule has 1 fully saturated rings. The molecule has 20 heavy (non-hydrogen) atoms. The molecule has 1 aliphatic carbocycles. The van der Waals surface area contributed by atoms with Gasteiger partial charge < -0.3 is 5.11 Å². The van der Waals surface area contributed by atoms with Crippen LogP contribution in [0.4, 0.5) is 0 Å². The third-order valence-electron chi connectivity index (χ3n) is 3.81. The Hall–Kier alpha value is -1.52. The van der Waals surface area contributed by atoms with E-state index in [1.54, 1.807) is 0 Å². The van der Waals surface area contributed by atoms with Gasteiger partial charge in [-0.05, 0) is 12.8 Å². The van der Waals surface area contributed by atoms with E-state index in [0.717, 1.165) is 38.5 Å². The first-order valence-corrected chi connectivity index (χ1v) is 7.35. The molecule has 0 aromatic carbocycles. The molecule has 5 heteroatoms. The molecule has 5 nitrogen and oxygen atoms in total. The van der Waals surface area contributed by atoms with E-state index in [1.807, 2.05) is 0 Å². The summed E-state index contributed by atoms with van der Waals surface area (Å²) in [6.45, 7) is 0. The van der Waals surface area contributed by atoms with Gasteiger partial charge in [0.15, 0.2) is 0 Å². The molecule has 0 amide bonds. The SMILES string of the molecule is O=C(O)C(=O)CC(=O)C(=O)C1CCCCCCCCC1. The maximum Gasteiger partial charge on any atom is 0.372 e. The highest BCUT2D eigenvalue weighted by Crippen LogP contribution is 2.22. The van der Waals surface area contributed by atoms with Gasteiger partial charge in [0.1, 0.15) is 0 Å². The van der Waals surface area contributed by atoms with Gasteiger partial charge in [0.05, 0.1) is 6.42 Å². The second-order valence-corrected chi connectivity index (χ2v) is 5.44. The van der Waals surface area contributed by atoms with Crippen molar-refractivity contribution >= 4 is 23.3 Å². The van der Waals surface area contributed by atoms with Crippen molar-refractivity contribution in [3.63, 3.8) is 0 Å². The van der Waals surface area contributed by atoms with Crippen LogP contribution in [0.3, 0.4) is 0 Å². The summed E-state index contributed by atoms with van der Waals surface area (Å²) in [5.41, 5.74) is 0. The van der Waals surface area contributed by atoms with Crippen LogP contribution in [0.1, 0.15) is 64.2 Å². The van der Waals surface area contributed by atoms with E-state index < -0.39 is 29.7 Å². The average Bonchev–Trinajstić information content (AvgIpc) is 2.43. The quantitative estimate of drug-likeness (QED) is 0.617. The van der Waals surface area contributed by atoms with E-state index in [9.17, 15) is 19.2 Å². The molecule has 1 N–H and O–H groups in total. The highest BCUT2D eigenvalue weighted by atomic mass is 16.4. The van der Waals surface area contributed by atoms with Crippen LogP contribution in [-0.2, 0) is 19.2 Å². The van der Waals surface area contributed by atoms with Gasteiger partial charge in [-0.1, -0.05) is 44.9 Å². The first-order chi connectivity index (χ1) is 9.52. The summed E-state index contributed by atoms with van der Waals surface area (Å²) in [5.74, 6) is -4.60. The number of carboxylic acid groups (broad SMARTS) is 1. The molecule has 0 radical (unpaired) electrons. The zero-order chi connectivity index (χ0) is 15.0. The van der Waals surface area contributed by atoms with E-state index in [1.165, 1.54) is 6.42 Å². The molecule has 0 spiro atoms. The van der Waals surface area contributed by atoms with Crippen LogP contribution in [-0.4, -0.2) is 28.4 Å². The van der Waals surface area contributed by atoms with Crippen LogP contribution in [0.5, 0.6) is 0 Å². The number of aliphatic carboxylic acids is 1. The summed E-state index contributed by atoms with van der Waals surface area (Å²) in [5, 5.41) is 8.46. The van der Waals surface area contributed by atoms with Gasteiger partial charge in [-0.15, -0.1) is 0 Å². The molecule has 112 valence electrons. The number of Topliss-reactive ketones (excluding diaryl/α,β-unsaturated/α-hetero) is 3. The van der Waals surface area contributed by atoms with Crippen LogP contribution in [0, 0.1) is 5.92 Å². The Morgan fingerprint density at radius 2 is 1.20 bits per heavy atom. The molecule has 0 saturated heterocycles. The molecular formula is C15H22O5. The highest BCUT2D eigenvalue weighted by molar-refractivity contribution is 6.47. The maximum atomic E-state index is 12.0. The lowest BCUT2D eigenvalue weighted by Gasteiger charge is -2.16. The topological polar surface area (TPSA) is 88.5 Å². The number of ketones is 3. The van der Waals surface area contributed by atoms with Crippen LogP contribution >= 0.6 is 0 Å². The monoisotopic (exact) mass is 282 g/mol. The fourth-order valence-corrected chi connectivity index (χ4v) is 2.61. The number of carbonyl (C=O) groups is 4. The molecule has 1 rings (SSSR count). The van der Waals surface area contributed by atoms with Gasteiger partial charge in [0.25, 0.3) is 0 Å². The zero-order valence-corrected chi connectivity index (χ0v) is 11.7. The Morgan fingerprint density at radius 1 is 0.750 bits per heavy atom. The van der Waals surface area contributed by atoms with E-state index in [-0.39, 0.29) is 5.92 Å². The van der Waals surface area contributed by atoms with Gasteiger partial charge in [0.2, 0.25) is 17.3 Å². The Balaban J connectivity index is 2.54. The zero-order valence-electron chi connectivity index (χ0n) is 11.7. The molecule has 0 aromatic heterocycles. The molecule has 1 saturated carbocycles. The minimum absolute atomic E-state index is 0.331. The summed E-state index contributed by atoms with van der Waals surface area (Å²) >= 11 is 0. The van der Waals surface area contributed by atoms with Crippen molar-refractivity contribution in [1.29, 1.82) is 0 Å². The number of hydrogen-bond acceptors (Lipinski definition) is 4. The van der Waals surface area contributed by atoms with Crippen molar-refractivity contribution in [2.75, 3.05) is 0 Å². The first kappa shape index (κ1) is 16.5. The summed E-state index contributed by atoms with van der Waals surface area (Å²) in [7, 11) is 0. The molecule has 0 aliphatic heterocycles. The van der Waals surface area contributed by atoms with Crippen LogP contribution in [0.2, 0.25) is 0 Å². The van der Waals surface area contributed by atoms with Gasteiger partial charge in [-0.25, -0.2) is 4.79 Å². The maximum absolute atomic E-state index is 12.0. The summed E-state index contributed by atoms with van der Waals surface area (Å²) < 4.78 is 0. The number of carbonyl (C=O) groups excluding carboxylic acids is 3. The molecule has 1 aliphatic rings. The van der Waals surface area contributed by atoms with Crippen molar-refractivity contribution in [3.05, 3.63) is 0 Å². The van der Waals surface area contributed by atoms with Crippen LogP contribution < -0.4 is 0 Å². The third kappa shape index (κ3) is 5.63. The lowest BCUT2D eigenvalue weighted by atomic mass is 9.87. The molecule has 0 atom stereocenters. The molecule has 0 bridgehead atoms. The van der Waals surface area contributed by atoms with Crippen LogP contribution in [0.15, 0.2) is 0 Å². The number of rotatable bonds is 5. The summed E-state index contributed by atoms with van der Waals surface area (Å²) in [6.07, 6.45) is 8.04. The second kappa shape index (κ2) is 8.61. The fourth-order valence-electron chi connectivity index (χ4n) is 2.61. The van der Waals surface area contributed by atoms with Crippen molar-refractivity contribution < 1.29 is 24.3 Å². The van der Waals surface area contributed by atoms with Gasteiger partial charge >= 0.3 is 5.97 Å². The fraction of sp³-hybridized carbons (Fsp3) is 0.733. The Morgan fingerprint density at radius 3 is 1.65 bits per heavy atom. The lowest BCUT2D eigenvalue weighted by molar-refractivity contribution is -0.151. The Bertz CT molecular complexity index is 376. The summed E-state index contributed by atoms with van der Waals surface area (Å²) in [6, 6.07) is 0. The highest BCUT2D eigenvalue weighted by Gasteiger charge is 2.28. The predicted molar refractivity (Wildman–Crippen MR) is 72.3 cm³/mol. The Kier molecular flexibility index (Phi) is 7.12. The molecule has 0 aromatic rings. The molecular weight excluding hydrogens is 260 g/mol. The van der Waals surface area contributed by atoms with E-state index in [2.05, 4.69) is 0 Å². The number of hydrogen-bond donors (Lipinski definition) is 1. The van der Waals surface area contributed by atoms with Gasteiger partial charge in [-0.2, -0.15) is 0 Å². The third-order valence-corrected chi connectivity index (χ3v) is 3.81. The van der Waals surface area contributed by atoms with E-state index in [4.69, 9.17) is 5.11 Å². The van der Waals surface area contributed by atoms with Crippen molar-refractivity contribution in [2.24, 2.45) is 5.92 Å². The van der Waals surface area contributed by atoms with Crippen molar-refractivity contribution in [3.8, 4) is 0 Å². The smallest absolute Gasteiger partial charge is 0.372 e. The second-order valence-electron chi connectivity index (χ2n) is 5.44. The van der Waals surface area contributed by atoms with Crippen molar-refractivity contribution in [1.82, 2.24) is 0 Å². The normalized spacial score (nSPS) is 18.2. The minimum Gasteiger partial charge on any atom is -0.475 e. The summed E-state index contributed by atoms with van der Waals surface area (Å²) in [4.78, 5) is 45.1. The van der Waals surface area contributed by atoms with E-state index in [0.29, 0.717) is 12.8 Å². The molecule has 0 unspecified atom stereocenters. The number of carboxylic acids is 1. The Labute approximate surface area is 118 Å². The average molecular weight is 282 g/mol. The predicted octanol–water partition coefficient (Wildman–Crippen LogP) is 2.31. The largest absolute Gasteiger partial charge is 0.475 e. The van der Waals surface area contributed by atoms with Crippen molar-refractivity contribution in [2.45, 2.75) is 64.2 Å². The molecule has 0 heterocycles. The lowest BCUT2D eigenvalue weighted by Crippen LogP contribution is -2.28. The van der Waals surface area contributed by atoms with Gasteiger partial charge in [0, 0.05) is 5.92 Å². The standard InChI is InChI=1S/C15H22O5/c16-12(10-13(17)15(19)20)14(18)11-8-6-4-2-1-3-5-7-9-11/h11H,1-10H2,(H,19,20). The first-order valence-electron chi connectivity index (χ1n) is 7.35. The van der Waals surface area contributed by atoms with Crippen LogP contribution in [0.25, 0.3) is 0 Å².